The number of anilines is 1. The molecule has 0 radical (unpaired) electrons. The molecule has 2 rings (SSSR count). The summed E-state index contributed by atoms with van der Waals surface area (Å²) in [5, 5.41) is 11.8. The first-order chi connectivity index (χ1) is 11.6. The van der Waals surface area contributed by atoms with Gasteiger partial charge in [-0.2, -0.15) is 5.26 Å². The van der Waals surface area contributed by atoms with E-state index >= 15 is 0 Å². The molecule has 0 fully saturated rings. The van der Waals surface area contributed by atoms with Gasteiger partial charge in [-0.1, -0.05) is 17.7 Å². The van der Waals surface area contributed by atoms with E-state index in [1.54, 1.807) is 31.4 Å². The van der Waals surface area contributed by atoms with Crippen LogP contribution in [0.5, 0.6) is 17.2 Å². The first kappa shape index (κ1) is 17.4. The summed E-state index contributed by atoms with van der Waals surface area (Å²) in [4.78, 5) is 12.0. The second-order valence-corrected chi connectivity index (χ2v) is 5.08. The molecule has 0 spiro atoms. The summed E-state index contributed by atoms with van der Waals surface area (Å²) in [6.45, 7) is -0.265. The highest BCUT2D eigenvalue weighted by atomic mass is 35.5. The number of nitrogens with zero attached hydrogens (tertiary/aromatic N) is 1. The summed E-state index contributed by atoms with van der Waals surface area (Å²) < 4.78 is 15.7. The third-order valence-corrected chi connectivity index (χ3v) is 3.34. The number of rotatable bonds is 6. The highest BCUT2D eigenvalue weighted by Crippen LogP contribution is 2.36. The third kappa shape index (κ3) is 4.31. The number of benzene rings is 2. The summed E-state index contributed by atoms with van der Waals surface area (Å²) >= 11 is 6.07. The number of hydrogen-bond acceptors (Lipinski definition) is 5. The first-order valence-electron chi connectivity index (χ1n) is 6.91. The number of nitrogens with one attached hydrogen (secondary N) is 1. The molecular weight excluding hydrogens is 332 g/mol. The number of methoxy groups -OCH3 is 2. The smallest absolute Gasteiger partial charge is 0.262 e. The van der Waals surface area contributed by atoms with Crippen LogP contribution in [0.3, 0.4) is 0 Å². The number of amides is 1. The van der Waals surface area contributed by atoms with E-state index in [2.05, 4.69) is 5.32 Å². The Bertz CT molecular complexity index is 787. The predicted molar refractivity (Wildman–Crippen MR) is 89.8 cm³/mol. The van der Waals surface area contributed by atoms with Gasteiger partial charge < -0.3 is 19.5 Å². The van der Waals surface area contributed by atoms with Crippen molar-refractivity contribution in [3.8, 4) is 23.3 Å². The van der Waals surface area contributed by atoms with Crippen LogP contribution in [0.1, 0.15) is 5.56 Å². The normalized spacial score (nSPS) is 9.75. The van der Waals surface area contributed by atoms with E-state index in [1.807, 2.05) is 6.07 Å². The van der Waals surface area contributed by atoms with Crippen molar-refractivity contribution in [2.24, 2.45) is 0 Å². The number of nitriles is 1. The molecule has 7 heteroatoms. The maximum Gasteiger partial charge on any atom is 0.262 e. The largest absolute Gasteiger partial charge is 0.497 e. The van der Waals surface area contributed by atoms with Crippen molar-refractivity contribution < 1.29 is 19.0 Å². The molecule has 1 amide bonds. The average Bonchev–Trinajstić information content (AvgIpc) is 2.60. The van der Waals surface area contributed by atoms with Crippen LogP contribution in [0, 0.1) is 11.3 Å². The topological polar surface area (TPSA) is 80.6 Å². The van der Waals surface area contributed by atoms with Crippen molar-refractivity contribution in [2.45, 2.75) is 0 Å². The fourth-order valence-electron chi connectivity index (χ4n) is 1.96. The second kappa shape index (κ2) is 8.09. The van der Waals surface area contributed by atoms with Crippen molar-refractivity contribution in [3.63, 3.8) is 0 Å². The van der Waals surface area contributed by atoms with Gasteiger partial charge in [0.2, 0.25) is 0 Å². The predicted octanol–water partition coefficient (Wildman–Crippen LogP) is 3.25. The molecule has 2 aromatic carbocycles. The molecule has 0 aliphatic carbocycles. The molecule has 1 N–H and O–H groups in total. The fraction of sp³-hybridized carbons (Fsp3) is 0.176. The summed E-state index contributed by atoms with van der Waals surface area (Å²) in [6.07, 6.45) is 0. The Kier molecular flexibility index (Phi) is 5.88. The van der Waals surface area contributed by atoms with Crippen molar-refractivity contribution in [1.29, 1.82) is 5.26 Å². The molecule has 0 aromatic heterocycles. The van der Waals surface area contributed by atoms with Gasteiger partial charge in [-0.15, -0.1) is 0 Å². The fourth-order valence-corrected chi connectivity index (χ4v) is 2.23. The highest BCUT2D eigenvalue weighted by Gasteiger charge is 2.14. The molecule has 0 saturated heterocycles. The summed E-state index contributed by atoms with van der Waals surface area (Å²) in [5.74, 6) is 0.753. The molecule has 0 aliphatic heterocycles. The molecule has 124 valence electrons. The van der Waals surface area contributed by atoms with E-state index < -0.39 is 0 Å². The van der Waals surface area contributed by atoms with E-state index in [-0.39, 0.29) is 29.0 Å². The SMILES string of the molecule is COc1cccc(NC(=O)COc2c(Cl)cc(C#N)cc2OC)c1. The van der Waals surface area contributed by atoms with Crippen LogP contribution >= 0.6 is 11.6 Å². The lowest BCUT2D eigenvalue weighted by atomic mass is 10.2. The first-order valence-corrected chi connectivity index (χ1v) is 7.29. The van der Waals surface area contributed by atoms with Crippen molar-refractivity contribution in [2.75, 3.05) is 26.1 Å². The van der Waals surface area contributed by atoms with Crippen LogP contribution in [-0.2, 0) is 4.79 Å². The Labute approximate surface area is 144 Å². The molecule has 2 aromatic rings. The summed E-state index contributed by atoms with van der Waals surface area (Å²) in [6, 6.07) is 11.8. The van der Waals surface area contributed by atoms with Crippen LogP contribution in [0.4, 0.5) is 5.69 Å². The maximum atomic E-state index is 12.0. The maximum absolute atomic E-state index is 12.0. The minimum absolute atomic E-state index is 0.195. The van der Waals surface area contributed by atoms with Gasteiger partial charge in [0.05, 0.1) is 30.9 Å². The lowest BCUT2D eigenvalue weighted by Crippen LogP contribution is -2.20. The molecule has 0 heterocycles. The van der Waals surface area contributed by atoms with Gasteiger partial charge in [-0.05, 0) is 18.2 Å². The minimum atomic E-state index is -0.370. The number of carbonyl (C=O) groups excluding carboxylic acids is 1. The lowest BCUT2D eigenvalue weighted by Gasteiger charge is -2.13. The van der Waals surface area contributed by atoms with Crippen LogP contribution in [0.15, 0.2) is 36.4 Å². The quantitative estimate of drug-likeness (QED) is 0.868. The minimum Gasteiger partial charge on any atom is -0.497 e. The molecule has 0 aliphatic rings. The number of ether oxygens (including phenoxy) is 3. The van der Waals surface area contributed by atoms with Gasteiger partial charge in [0.1, 0.15) is 5.75 Å². The van der Waals surface area contributed by atoms with Crippen molar-refractivity contribution in [3.05, 3.63) is 47.0 Å². The van der Waals surface area contributed by atoms with Crippen molar-refractivity contribution in [1.82, 2.24) is 0 Å². The highest BCUT2D eigenvalue weighted by molar-refractivity contribution is 6.32. The Balaban J connectivity index is 2.05. The molecule has 6 nitrogen and oxygen atoms in total. The number of halogens is 1. The Morgan fingerprint density at radius 2 is 2.04 bits per heavy atom. The lowest BCUT2D eigenvalue weighted by molar-refractivity contribution is -0.118. The van der Waals surface area contributed by atoms with E-state index in [1.165, 1.54) is 19.2 Å². The summed E-state index contributed by atoms with van der Waals surface area (Å²) in [5.41, 5.74) is 0.922. The standard InChI is InChI=1S/C17H15ClN2O4/c1-22-13-5-3-4-12(8-13)20-16(21)10-24-17-14(18)6-11(9-19)7-15(17)23-2/h3-8H,10H2,1-2H3,(H,20,21). The Hall–Kier alpha value is -2.91. The van der Waals surface area contributed by atoms with Gasteiger partial charge in [-0.3, -0.25) is 4.79 Å². The molecule has 0 atom stereocenters. The molecule has 0 unspecified atom stereocenters. The second-order valence-electron chi connectivity index (χ2n) is 4.67. The van der Waals surface area contributed by atoms with Gasteiger partial charge in [0.15, 0.2) is 18.1 Å². The molecule has 24 heavy (non-hydrogen) atoms. The van der Waals surface area contributed by atoms with Crippen LogP contribution < -0.4 is 19.5 Å². The molecular formula is C17H15ClN2O4. The van der Waals surface area contributed by atoms with Gasteiger partial charge in [0.25, 0.3) is 5.91 Å². The van der Waals surface area contributed by atoms with Crippen LogP contribution in [0.25, 0.3) is 0 Å². The van der Waals surface area contributed by atoms with E-state index in [9.17, 15) is 4.79 Å². The van der Waals surface area contributed by atoms with E-state index in [0.717, 1.165) is 0 Å². The third-order valence-electron chi connectivity index (χ3n) is 3.06. The zero-order valence-electron chi connectivity index (χ0n) is 13.1. The zero-order chi connectivity index (χ0) is 17.5. The van der Waals surface area contributed by atoms with Gasteiger partial charge >= 0.3 is 0 Å². The van der Waals surface area contributed by atoms with E-state index in [0.29, 0.717) is 17.0 Å². The number of carbonyl (C=O) groups is 1. The number of hydrogen-bond donors (Lipinski definition) is 1. The summed E-state index contributed by atoms with van der Waals surface area (Å²) in [7, 11) is 2.97. The van der Waals surface area contributed by atoms with Crippen LogP contribution in [0.2, 0.25) is 5.02 Å². The monoisotopic (exact) mass is 346 g/mol. The average molecular weight is 347 g/mol. The Morgan fingerprint density at radius 1 is 1.25 bits per heavy atom. The van der Waals surface area contributed by atoms with Gasteiger partial charge in [0, 0.05) is 17.8 Å². The van der Waals surface area contributed by atoms with Crippen LogP contribution in [-0.4, -0.2) is 26.7 Å². The molecule has 0 saturated carbocycles. The van der Waals surface area contributed by atoms with E-state index in [4.69, 9.17) is 31.1 Å². The molecule has 0 bridgehead atoms. The Morgan fingerprint density at radius 3 is 2.71 bits per heavy atom. The zero-order valence-corrected chi connectivity index (χ0v) is 13.9. The van der Waals surface area contributed by atoms with Gasteiger partial charge in [-0.25, -0.2) is 0 Å². The van der Waals surface area contributed by atoms with Crippen molar-refractivity contribution >= 4 is 23.2 Å².